The van der Waals surface area contributed by atoms with E-state index < -0.39 is 10.0 Å². The molecule has 2 aromatic rings. The Bertz CT molecular complexity index is 1140. The summed E-state index contributed by atoms with van der Waals surface area (Å²) in [6, 6.07) is 11.0. The minimum absolute atomic E-state index is 0.0306. The van der Waals surface area contributed by atoms with Gasteiger partial charge in [0.05, 0.1) is 7.11 Å². The number of hydrogen-bond acceptors (Lipinski definition) is 4. The number of benzene rings is 2. The number of nitrogens with zero attached hydrogens (tertiary/aromatic N) is 2. The van der Waals surface area contributed by atoms with E-state index in [0.29, 0.717) is 31.6 Å². The second-order valence-electron chi connectivity index (χ2n) is 9.76. The van der Waals surface area contributed by atoms with E-state index in [1.54, 1.807) is 23.1 Å². The summed E-state index contributed by atoms with van der Waals surface area (Å²) < 4.78 is 47.7. The lowest BCUT2D eigenvalue weighted by Crippen LogP contribution is -2.42. The van der Waals surface area contributed by atoms with Crippen LogP contribution in [0.3, 0.4) is 0 Å². The third-order valence-corrected chi connectivity index (χ3v) is 8.71. The zero-order chi connectivity index (χ0) is 24.5. The van der Waals surface area contributed by atoms with E-state index in [-0.39, 0.29) is 40.2 Å². The van der Waals surface area contributed by atoms with Crippen LogP contribution < -0.4 is 4.74 Å². The van der Waals surface area contributed by atoms with Crippen LogP contribution in [-0.4, -0.2) is 56.3 Å². The molecule has 2 saturated heterocycles. The van der Waals surface area contributed by atoms with Crippen molar-refractivity contribution in [2.75, 3.05) is 26.7 Å². The van der Waals surface area contributed by atoms with Crippen LogP contribution in [0.15, 0.2) is 47.4 Å². The number of ether oxygens (including phenoxy) is 1. The summed E-state index contributed by atoms with van der Waals surface area (Å²) in [5, 5.41) is 0. The van der Waals surface area contributed by atoms with Crippen LogP contribution in [0.1, 0.15) is 49.0 Å². The molecule has 0 aliphatic carbocycles. The fourth-order valence-electron chi connectivity index (χ4n) is 5.37. The average molecular weight is 489 g/mol. The molecule has 0 saturated carbocycles. The lowest BCUT2D eigenvalue weighted by Gasteiger charge is -2.34. The van der Waals surface area contributed by atoms with E-state index in [0.717, 1.165) is 24.8 Å². The van der Waals surface area contributed by atoms with Crippen molar-refractivity contribution in [1.82, 2.24) is 9.21 Å². The molecule has 2 aliphatic rings. The molecular formula is C26H33FN2O4S. The molecule has 2 aromatic carbocycles. The first kappa shape index (κ1) is 24.7. The van der Waals surface area contributed by atoms with Gasteiger partial charge in [-0.05, 0) is 73.4 Å². The molecule has 0 radical (unpaired) electrons. The van der Waals surface area contributed by atoms with Crippen molar-refractivity contribution in [3.63, 3.8) is 0 Å². The van der Waals surface area contributed by atoms with Gasteiger partial charge in [0.2, 0.25) is 10.0 Å². The number of methoxy groups -OCH3 is 1. The number of piperidine rings is 1. The predicted molar refractivity (Wildman–Crippen MR) is 129 cm³/mol. The Morgan fingerprint density at radius 3 is 2.53 bits per heavy atom. The zero-order valence-electron chi connectivity index (χ0n) is 20.0. The Morgan fingerprint density at radius 1 is 1.12 bits per heavy atom. The first-order valence-electron chi connectivity index (χ1n) is 11.9. The molecule has 2 heterocycles. The number of sulfonamides is 1. The van der Waals surface area contributed by atoms with Gasteiger partial charge in [-0.15, -0.1) is 0 Å². The Kier molecular flexibility index (Phi) is 7.28. The third-order valence-electron chi connectivity index (χ3n) is 6.86. The fourth-order valence-corrected chi connectivity index (χ4v) is 7.23. The molecule has 2 fully saturated rings. The van der Waals surface area contributed by atoms with Crippen LogP contribution in [0.4, 0.5) is 4.39 Å². The number of hydrogen-bond donors (Lipinski definition) is 0. The van der Waals surface area contributed by atoms with Gasteiger partial charge in [-0.1, -0.05) is 26.0 Å². The van der Waals surface area contributed by atoms with Crippen LogP contribution in [0.25, 0.3) is 0 Å². The number of rotatable bonds is 6. The van der Waals surface area contributed by atoms with Crippen molar-refractivity contribution >= 4 is 15.9 Å². The lowest BCUT2D eigenvalue weighted by molar-refractivity contribution is 0.0736. The quantitative estimate of drug-likeness (QED) is 0.606. The molecule has 1 amide bonds. The minimum Gasteiger partial charge on any atom is -0.495 e. The minimum atomic E-state index is -3.82. The highest BCUT2D eigenvalue weighted by Gasteiger charge is 2.35. The van der Waals surface area contributed by atoms with E-state index in [1.807, 2.05) is 6.07 Å². The van der Waals surface area contributed by atoms with Crippen LogP contribution in [0.2, 0.25) is 0 Å². The number of likely N-dealkylation sites (tertiary alicyclic amines) is 1. The van der Waals surface area contributed by atoms with Crippen molar-refractivity contribution in [1.29, 1.82) is 0 Å². The average Bonchev–Trinajstić information content (AvgIpc) is 3.25. The first-order valence-corrected chi connectivity index (χ1v) is 13.4. The molecule has 0 bridgehead atoms. The topological polar surface area (TPSA) is 66.9 Å². The number of amides is 1. The molecule has 34 heavy (non-hydrogen) atoms. The third kappa shape index (κ3) is 5.13. The Morgan fingerprint density at radius 2 is 1.85 bits per heavy atom. The van der Waals surface area contributed by atoms with E-state index in [1.165, 1.54) is 29.6 Å². The molecular weight excluding hydrogens is 455 g/mol. The van der Waals surface area contributed by atoms with E-state index in [4.69, 9.17) is 4.74 Å². The van der Waals surface area contributed by atoms with Gasteiger partial charge >= 0.3 is 0 Å². The summed E-state index contributed by atoms with van der Waals surface area (Å²) in [7, 11) is -2.38. The summed E-state index contributed by atoms with van der Waals surface area (Å²) in [4.78, 5) is 15.3. The molecule has 0 N–H and O–H groups in total. The number of carbonyl (C=O) groups excluding carboxylic acids is 1. The Balaban J connectivity index is 1.61. The highest BCUT2D eigenvalue weighted by molar-refractivity contribution is 7.89. The SMILES string of the molecule is COc1ccc(C(=O)N2CCCC2Cc2cccc(F)c2)cc1S(=O)(=O)N1CC(C)CC(C)C1. The standard InChI is InChI=1S/C26H33FN2O4S/c1-18-12-19(2)17-28(16-18)34(31,32)25-15-21(9-10-24(25)33-3)26(30)29-11-5-8-23(29)14-20-6-4-7-22(27)13-20/h4,6-7,9-10,13,15,18-19,23H,5,8,11-12,14,16-17H2,1-3H3. The fraction of sp³-hybridized carbons (Fsp3) is 0.500. The first-order chi connectivity index (χ1) is 16.2. The van der Waals surface area contributed by atoms with Crippen molar-refractivity contribution in [3.8, 4) is 5.75 Å². The smallest absolute Gasteiger partial charge is 0.254 e. The van der Waals surface area contributed by atoms with Gasteiger partial charge < -0.3 is 9.64 Å². The van der Waals surface area contributed by atoms with E-state index in [9.17, 15) is 17.6 Å². The predicted octanol–water partition coefficient (Wildman–Crippen LogP) is 4.35. The molecule has 3 atom stereocenters. The second kappa shape index (κ2) is 10.0. The van der Waals surface area contributed by atoms with Crippen molar-refractivity contribution < 1.29 is 22.3 Å². The lowest BCUT2D eigenvalue weighted by atomic mass is 9.94. The van der Waals surface area contributed by atoms with Crippen LogP contribution in [-0.2, 0) is 16.4 Å². The Hall–Kier alpha value is -2.45. The maximum Gasteiger partial charge on any atom is 0.254 e. The number of carbonyl (C=O) groups is 1. The molecule has 2 aliphatic heterocycles. The highest BCUT2D eigenvalue weighted by Crippen LogP contribution is 2.33. The van der Waals surface area contributed by atoms with Crippen molar-refractivity contribution in [2.24, 2.45) is 11.8 Å². The zero-order valence-corrected chi connectivity index (χ0v) is 20.9. The van der Waals surface area contributed by atoms with Gasteiger partial charge in [-0.2, -0.15) is 4.31 Å². The van der Waals surface area contributed by atoms with Crippen LogP contribution >= 0.6 is 0 Å². The maximum absolute atomic E-state index is 13.6. The van der Waals surface area contributed by atoms with Gasteiger partial charge in [-0.3, -0.25) is 4.79 Å². The van der Waals surface area contributed by atoms with Crippen LogP contribution in [0, 0.1) is 17.7 Å². The summed E-state index contributed by atoms with van der Waals surface area (Å²) >= 11 is 0. The largest absolute Gasteiger partial charge is 0.495 e. The van der Waals surface area contributed by atoms with Crippen molar-refractivity contribution in [2.45, 2.75) is 50.5 Å². The van der Waals surface area contributed by atoms with Crippen LogP contribution in [0.5, 0.6) is 5.75 Å². The second-order valence-corrected chi connectivity index (χ2v) is 11.7. The highest BCUT2D eigenvalue weighted by atomic mass is 32.2. The maximum atomic E-state index is 13.6. The van der Waals surface area contributed by atoms with Gasteiger partial charge in [0.15, 0.2) is 0 Å². The summed E-state index contributed by atoms with van der Waals surface area (Å²) in [5.41, 5.74) is 1.17. The van der Waals surface area contributed by atoms with Gasteiger partial charge in [0.25, 0.3) is 5.91 Å². The summed E-state index contributed by atoms with van der Waals surface area (Å²) in [6.07, 6.45) is 3.24. The summed E-state index contributed by atoms with van der Waals surface area (Å²) in [6.45, 7) is 5.61. The molecule has 4 rings (SSSR count). The van der Waals surface area contributed by atoms with Gasteiger partial charge in [0, 0.05) is 31.2 Å². The van der Waals surface area contributed by atoms with Gasteiger partial charge in [-0.25, -0.2) is 12.8 Å². The molecule has 6 nitrogen and oxygen atoms in total. The van der Waals surface area contributed by atoms with Gasteiger partial charge in [0.1, 0.15) is 16.5 Å². The molecule has 0 spiro atoms. The number of halogens is 1. The molecule has 0 aromatic heterocycles. The molecule has 8 heteroatoms. The molecule has 184 valence electrons. The monoisotopic (exact) mass is 488 g/mol. The molecule has 3 unspecified atom stereocenters. The summed E-state index contributed by atoms with van der Waals surface area (Å²) in [5.74, 6) is 0.267. The van der Waals surface area contributed by atoms with E-state index in [2.05, 4.69) is 13.8 Å². The Labute approximate surface area is 201 Å². The van der Waals surface area contributed by atoms with Crippen molar-refractivity contribution in [3.05, 3.63) is 59.4 Å². The van der Waals surface area contributed by atoms with E-state index >= 15 is 0 Å². The normalized spacial score (nSPS) is 23.8.